The van der Waals surface area contributed by atoms with Gasteiger partial charge in [0.2, 0.25) is 0 Å². The highest BCUT2D eigenvalue weighted by molar-refractivity contribution is 5.89. The maximum Gasteiger partial charge on any atom is 0.337 e. The third-order valence-corrected chi connectivity index (χ3v) is 2.92. The van der Waals surface area contributed by atoms with Crippen LogP contribution in [-0.4, -0.2) is 19.2 Å². The summed E-state index contributed by atoms with van der Waals surface area (Å²) in [5, 5.41) is 0. The van der Waals surface area contributed by atoms with Gasteiger partial charge in [0.1, 0.15) is 11.9 Å². The summed E-state index contributed by atoms with van der Waals surface area (Å²) >= 11 is 0. The van der Waals surface area contributed by atoms with E-state index in [2.05, 4.69) is 0 Å². The summed E-state index contributed by atoms with van der Waals surface area (Å²) in [5.74, 6) is 0.398. The molecular weight excluding hydrogens is 228 g/mol. The highest BCUT2D eigenvalue weighted by Crippen LogP contribution is 2.23. The molecule has 1 heterocycles. The smallest absolute Gasteiger partial charge is 0.337 e. The Kier molecular flexibility index (Phi) is 3.82. The Morgan fingerprint density at radius 1 is 1.33 bits per heavy atom. The van der Waals surface area contributed by atoms with E-state index in [1.54, 1.807) is 14.0 Å². The molecule has 94 valence electrons. The van der Waals surface area contributed by atoms with Gasteiger partial charge in [0.15, 0.2) is 0 Å². The van der Waals surface area contributed by atoms with E-state index in [-0.39, 0.29) is 12.1 Å². The quantitative estimate of drug-likeness (QED) is 0.767. The largest absolute Gasteiger partial charge is 0.500 e. The van der Waals surface area contributed by atoms with E-state index in [1.165, 1.54) is 0 Å². The number of hydrogen-bond acceptors (Lipinski definition) is 3. The molecule has 3 nitrogen and oxygen atoms in total. The van der Waals surface area contributed by atoms with Crippen LogP contribution in [0.3, 0.4) is 0 Å². The zero-order valence-corrected chi connectivity index (χ0v) is 10.6. The fraction of sp³-hybridized carbons (Fsp3) is 0.267. The first-order chi connectivity index (χ1) is 8.70. The van der Waals surface area contributed by atoms with Crippen LogP contribution in [0.2, 0.25) is 0 Å². The van der Waals surface area contributed by atoms with Crippen molar-refractivity contribution in [1.82, 2.24) is 0 Å². The molecule has 18 heavy (non-hydrogen) atoms. The molecule has 1 aliphatic rings. The Balaban J connectivity index is 2.09. The molecule has 0 aliphatic carbocycles. The molecule has 1 aliphatic heterocycles. The average molecular weight is 244 g/mol. The van der Waals surface area contributed by atoms with E-state index >= 15 is 0 Å². The molecule has 0 aromatic heterocycles. The lowest BCUT2D eigenvalue weighted by molar-refractivity contribution is -0.144. The van der Waals surface area contributed by atoms with Crippen LogP contribution in [0.1, 0.15) is 18.9 Å². The second-order valence-corrected chi connectivity index (χ2v) is 4.17. The number of esters is 1. The van der Waals surface area contributed by atoms with E-state index < -0.39 is 0 Å². The minimum absolute atomic E-state index is 0.253. The molecule has 0 saturated heterocycles. The van der Waals surface area contributed by atoms with Crippen molar-refractivity contribution in [3.63, 3.8) is 0 Å². The Morgan fingerprint density at radius 2 is 2.06 bits per heavy atom. The lowest BCUT2D eigenvalue weighted by atomic mass is 10.1. The first kappa shape index (κ1) is 12.4. The number of carbonyl (C=O) groups is 1. The van der Waals surface area contributed by atoms with Crippen LogP contribution in [0, 0.1) is 0 Å². The maximum atomic E-state index is 11.6. The van der Waals surface area contributed by atoms with Gasteiger partial charge in [0.05, 0.1) is 12.7 Å². The molecule has 0 saturated carbocycles. The van der Waals surface area contributed by atoms with E-state index in [9.17, 15) is 4.79 Å². The number of methoxy groups -OCH3 is 1. The van der Waals surface area contributed by atoms with Crippen LogP contribution in [-0.2, 0) is 14.3 Å². The van der Waals surface area contributed by atoms with Crippen molar-refractivity contribution < 1.29 is 14.3 Å². The Morgan fingerprint density at radius 3 is 2.72 bits per heavy atom. The summed E-state index contributed by atoms with van der Waals surface area (Å²) in [4.78, 5) is 11.6. The van der Waals surface area contributed by atoms with Crippen LogP contribution < -0.4 is 0 Å². The number of rotatable bonds is 3. The summed E-state index contributed by atoms with van der Waals surface area (Å²) in [5.41, 5.74) is 1.64. The second kappa shape index (κ2) is 5.54. The van der Waals surface area contributed by atoms with Crippen LogP contribution >= 0.6 is 0 Å². The van der Waals surface area contributed by atoms with Gasteiger partial charge in [-0.05, 0) is 18.6 Å². The molecule has 1 atom stereocenters. The predicted molar refractivity (Wildman–Crippen MR) is 69.7 cm³/mol. The molecule has 2 rings (SSSR count). The molecule has 0 N–H and O–H groups in total. The van der Waals surface area contributed by atoms with Crippen molar-refractivity contribution in [2.24, 2.45) is 0 Å². The fourth-order valence-electron chi connectivity index (χ4n) is 1.84. The minimum atomic E-state index is -0.305. The van der Waals surface area contributed by atoms with Gasteiger partial charge in [-0.1, -0.05) is 36.4 Å². The lowest BCUT2D eigenvalue weighted by Crippen LogP contribution is -2.24. The molecule has 0 spiro atoms. The maximum absolute atomic E-state index is 11.6. The van der Waals surface area contributed by atoms with Gasteiger partial charge in [0, 0.05) is 6.42 Å². The van der Waals surface area contributed by atoms with Crippen LogP contribution in [0.4, 0.5) is 0 Å². The summed E-state index contributed by atoms with van der Waals surface area (Å²) in [7, 11) is 1.58. The average Bonchev–Trinajstić information content (AvgIpc) is 2.41. The minimum Gasteiger partial charge on any atom is -0.500 e. The van der Waals surface area contributed by atoms with E-state index in [4.69, 9.17) is 9.47 Å². The summed E-state index contributed by atoms with van der Waals surface area (Å²) in [6.07, 6.45) is 4.18. The van der Waals surface area contributed by atoms with Gasteiger partial charge in [-0.2, -0.15) is 0 Å². The molecular formula is C15H16O3. The van der Waals surface area contributed by atoms with Gasteiger partial charge in [-0.25, -0.2) is 4.79 Å². The van der Waals surface area contributed by atoms with Crippen molar-refractivity contribution in [2.45, 2.75) is 19.4 Å². The summed E-state index contributed by atoms with van der Waals surface area (Å²) in [6, 6.07) is 9.90. The summed E-state index contributed by atoms with van der Waals surface area (Å²) in [6.45, 7) is 1.72. The molecule has 1 aromatic rings. The van der Waals surface area contributed by atoms with Gasteiger partial charge >= 0.3 is 5.97 Å². The monoisotopic (exact) mass is 244 g/mol. The highest BCUT2D eigenvalue weighted by atomic mass is 16.6. The molecule has 0 amide bonds. The number of benzene rings is 1. The fourth-order valence-corrected chi connectivity index (χ4v) is 1.84. The Bertz CT molecular complexity index is 486. The predicted octanol–water partition coefficient (Wildman–Crippen LogP) is 2.94. The van der Waals surface area contributed by atoms with Crippen LogP contribution in [0.15, 0.2) is 47.7 Å². The Labute approximate surface area is 107 Å². The molecule has 0 radical (unpaired) electrons. The molecule has 1 unspecified atom stereocenters. The molecule has 0 bridgehead atoms. The third-order valence-electron chi connectivity index (χ3n) is 2.92. The van der Waals surface area contributed by atoms with Crippen LogP contribution in [0.5, 0.6) is 0 Å². The van der Waals surface area contributed by atoms with Crippen molar-refractivity contribution in [3.8, 4) is 0 Å². The number of hydrogen-bond donors (Lipinski definition) is 0. The summed E-state index contributed by atoms with van der Waals surface area (Å²) < 4.78 is 10.5. The molecule has 3 heteroatoms. The number of cyclic esters (lactones) is 1. The number of carbonyl (C=O) groups excluding carboxylic acids is 1. The lowest BCUT2D eigenvalue weighted by Gasteiger charge is -2.22. The zero-order chi connectivity index (χ0) is 13.0. The second-order valence-electron chi connectivity index (χ2n) is 4.17. The van der Waals surface area contributed by atoms with E-state index in [0.717, 1.165) is 5.56 Å². The van der Waals surface area contributed by atoms with Crippen molar-refractivity contribution >= 4 is 12.0 Å². The first-order valence-corrected chi connectivity index (χ1v) is 5.88. The molecule has 1 aromatic carbocycles. The standard InChI is InChI=1S/C15H16O3/c1-11-14(17-2)10-13(18-15(11)16)9-8-12-6-4-3-5-7-12/h3-9,13H,10H2,1-2H3. The highest BCUT2D eigenvalue weighted by Gasteiger charge is 2.25. The first-order valence-electron chi connectivity index (χ1n) is 5.88. The molecule has 0 fully saturated rings. The van der Waals surface area contributed by atoms with E-state index in [1.807, 2.05) is 42.5 Å². The zero-order valence-electron chi connectivity index (χ0n) is 10.6. The van der Waals surface area contributed by atoms with Gasteiger partial charge < -0.3 is 9.47 Å². The Hall–Kier alpha value is -2.03. The van der Waals surface area contributed by atoms with Gasteiger partial charge in [-0.3, -0.25) is 0 Å². The number of ether oxygens (including phenoxy) is 2. The van der Waals surface area contributed by atoms with Gasteiger partial charge in [0.25, 0.3) is 0 Å². The van der Waals surface area contributed by atoms with Crippen molar-refractivity contribution in [2.75, 3.05) is 7.11 Å². The van der Waals surface area contributed by atoms with Crippen LogP contribution in [0.25, 0.3) is 6.08 Å². The normalized spacial score (nSPS) is 20.1. The topological polar surface area (TPSA) is 35.5 Å². The third kappa shape index (κ3) is 2.80. The van der Waals surface area contributed by atoms with Crippen molar-refractivity contribution in [1.29, 1.82) is 0 Å². The van der Waals surface area contributed by atoms with E-state index in [0.29, 0.717) is 17.8 Å². The van der Waals surface area contributed by atoms with Gasteiger partial charge in [-0.15, -0.1) is 0 Å². The van der Waals surface area contributed by atoms with Crippen molar-refractivity contribution in [3.05, 3.63) is 53.3 Å². The SMILES string of the molecule is COC1=C(C)C(=O)OC(C=Cc2ccccc2)C1.